The highest BCUT2D eigenvalue weighted by molar-refractivity contribution is 7.99. The van der Waals surface area contributed by atoms with Gasteiger partial charge in [0.15, 0.2) is 5.78 Å². The van der Waals surface area contributed by atoms with Gasteiger partial charge < -0.3 is 9.47 Å². The standard InChI is InChI=1S/C17H18O3S/c1-4-21-16-8-6-5-7-14(16)17(18)13-10-9-12(19-2)11-15(13)20-3/h5-11H,4H2,1-3H3. The third-order valence-corrected chi connectivity index (χ3v) is 4.04. The van der Waals surface area contributed by atoms with Crippen molar-refractivity contribution in [2.45, 2.75) is 11.8 Å². The Kier molecular flexibility index (Phi) is 5.28. The van der Waals surface area contributed by atoms with Gasteiger partial charge in [0.05, 0.1) is 19.8 Å². The van der Waals surface area contributed by atoms with Gasteiger partial charge in [-0.25, -0.2) is 0 Å². The zero-order valence-corrected chi connectivity index (χ0v) is 13.2. The maximum absolute atomic E-state index is 12.8. The molecule has 0 heterocycles. The molecule has 0 saturated carbocycles. The maximum atomic E-state index is 12.8. The van der Waals surface area contributed by atoms with Gasteiger partial charge >= 0.3 is 0 Å². The van der Waals surface area contributed by atoms with Crippen LogP contribution in [0.4, 0.5) is 0 Å². The largest absolute Gasteiger partial charge is 0.497 e. The van der Waals surface area contributed by atoms with E-state index in [1.807, 2.05) is 24.3 Å². The van der Waals surface area contributed by atoms with Crippen LogP contribution in [-0.2, 0) is 0 Å². The summed E-state index contributed by atoms with van der Waals surface area (Å²) in [7, 11) is 3.14. The van der Waals surface area contributed by atoms with E-state index in [1.165, 1.54) is 0 Å². The first-order chi connectivity index (χ1) is 10.2. The second kappa shape index (κ2) is 7.18. The first-order valence-electron chi connectivity index (χ1n) is 6.69. The smallest absolute Gasteiger partial charge is 0.197 e. The Labute approximate surface area is 129 Å². The quantitative estimate of drug-likeness (QED) is 0.596. The maximum Gasteiger partial charge on any atom is 0.197 e. The lowest BCUT2D eigenvalue weighted by Crippen LogP contribution is -2.05. The second-order valence-corrected chi connectivity index (χ2v) is 5.63. The molecule has 2 aromatic carbocycles. The molecule has 0 unspecified atom stereocenters. The van der Waals surface area contributed by atoms with Crippen molar-refractivity contribution in [3.8, 4) is 11.5 Å². The topological polar surface area (TPSA) is 35.5 Å². The molecule has 4 heteroatoms. The van der Waals surface area contributed by atoms with Crippen molar-refractivity contribution < 1.29 is 14.3 Å². The fraction of sp³-hybridized carbons (Fsp3) is 0.235. The summed E-state index contributed by atoms with van der Waals surface area (Å²) in [4.78, 5) is 13.8. The zero-order chi connectivity index (χ0) is 15.2. The molecule has 0 atom stereocenters. The predicted octanol–water partition coefficient (Wildman–Crippen LogP) is 4.05. The number of methoxy groups -OCH3 is 2. The minimum absolute atomic E-state index is 0.0361. The van der Waals surface area contributed by atoms with E-state index >= 15 is 0 Å². The van der Waals surface area contributed by atoms with E-state index in [-0.39, 0.29) is 5.78 Å². The van der Waals surface area contributed by atoms with Crippen LogP contribution in [0.15, 0.2) is 47.4 Å². The molecule has 0 aliphatic carbocycles. The van der Waals surface area contributed by atoms with Crippen LogP contribution in [-0.4, -0.2) is 25.8 Å². The summed E-state index contributed by atoms with van der Waals surface area (Å²) >= 11 is 1.66. The average Bonchev–Trinajstić information content (AvgIpc) is 2.54. The van der Waals surface area contributed by atoms with Crippen molar-refractivity contribution in [1.29, 1.82) is 0 Å². The minimum Gasteiger partial charge on any atom is -0.497 e. The molecular weight excluding hydrogens is 284 g/mol. The fourth-order valence-electron chi connectivity index (χ4n) is 2.07. The molecule has 0 spiro atoms. The van der Waals surface area contributed by atoms with E-state index in [1.54, 1.807) is 44.2 Å². The summed E-state index contributed by atoms with van der Waals surface area (Å²) in [5, 5.41) is 0. The number of hydrogen-bond acceptors (Lipinski definition) is 4. The van der Waals surface area contributed by atoms with Gasteiger partial charge in [0.1, 0.15) is 11.5 Å². The highest BCUT2D eigenvalue weighted by Crippen LogP contribution is 2.30. The van der Waals surface area contributed by atoms with Gasteiger partial charge in [0.2, 0.25) is 0 Å². The summed E-state index contributed by atoms with van der Waals surface area (Å²) in [5.41, 5.74) is 1.25. The summed E-state index contributed by atoms with van der Waals surface area (Å²) in [5.74, 6) is 2.07. The molecule has 21 heavy (non-hydrogen) atoms. The molecule has 110 valence electrons. The molecule has 2 rings (SSSR count). The third-order valence-electron chi connectivity index (χ3n) is 3.08. The molecule has 0 aliphatic heterocycles. The molecule has 2 aromatic rings. The zero-order valence-electron chi connectivity index (χ0n) is 12.4. The molecular formula is C17H18O3S. The molecule has 0 aliphatic rings. The number of benzene rings is 2. The number of ketones is 1. The average molecular weight is 302 g/mol. The predicted molar refractivity (Wildman–Crippen MR) is 85.8 cm³/mol. The first kappa shape index (κ1) is 15.4. The number of carbonyl (C=O) groups excluding carboxylic acids is 1. The number of ether oxygens (including phenoxy) is 2. The van der Waals surface area contributed by atoms with Crippen LogP contribution >= 0.6 is 11.8 Å². The normalized spacial score (nSPS) is 10.2. The third kappa shape index (κ3) is 3.39. The Morgan fingerprint density at radius 3 is 2.48 bits per heavy atom. The number of thioether (sulfide) groups is 1. The molecule has 0 amide bonds. The summed E-state index contributed by atoms with van der Waals surface area (Å²) in [6.07, 6.45) is 0. The number of rotatable bonds is 6. The van der Waals surface area contributed by atoms with Gasteiger partial charge in [-0.2, -0.15) is 0 Å². The summed E-state index contributed by atoms with van der Waals surface area (Å²) < 4.78 is 10.5. The second-order valence-electron chi connectivity index (χ2n) is 4.32. The number of carbonyl (C=O) groups is 1. The Morgan fingerprint density at radius 2 is 1.81 bits per heavy atom. The van der Waals surface area contributed by atoms with Gasteiger partial charge in [0, 0.05) is 16.5 Å². The van der Waals surface area contributed by atoms with Crippen LogP contribution in [0.1, 0.15) is 22.8 Å². The molecule has 0 N–H and O–H groups in total. The molecule has 0 radical (unpaired) electrons. The lowest BCUT2D eigenvalue weighted by Gasteiger charge is -2.11. The van der Waals surface area contributed by atoms with Crippen molar-refractivity contribution in [2.75, 3.05) is 20.0 Å². The van der Waals surface area contributed by atoms with Gasteiger partial charge in [-0.15, -0.1) is 11.8 Å². The van der Waals surface area contributed by atoms with E-state index in [0.717, 1.165) is 10.6 Å². The molecule has 0 fully saturated rings. The van der Waals surface area contributed by atoms with E-state index < -0.39 is 0 Å². The van der Waals surface area contributed by atoms with Crippen molar-refractivity contribution in [2.24, 2.45) is 0 Å². The number of hydrogen-bond donors (Lipinski definition) is 0. The highest BCUT2D eigenvalue weighted by Gasteiger charge is 2.18. The molecule has 0 aromatic heterocycles. The van der Waals surface area contributed by atoms with Crippen molar-refractivity contribution in [1.82, 2.24) is 0 Å². The molecule has 3 nitrogen and oxygen atoms in total. The molecule has 0 saturated heterocycles. The van der Waals surface area contributed by atoms with Crippen LogP contribution < -0.4 is 9.47 Å². The Bertz CT molecular complexity index is 638. The lowest BCUT2D eigenvalue weighted by atomic mass is 10.0. The van der Waals surface area contributed by atoms with E-state index in [2.05, 4.69) is 6.92 Å². The van der Waals surface area contributed by atoms with Gasteiger partial charge in [-0.05, 0) is 30.0 Å². The van der Waals surface area contributed by atoms with E-state index in [9.17, 15) is 4.79 Å². The Morgan fingerprint density at radius 1 is 1.05 bits per heavy atom. The van der Waals surface area contributed by atoms with Gasteiger partial charge in [-0.1, -0.05) is 19.1 Å². The lowest BCUT2D eigenvalue weighted by molar-refractivity contribution is 0.103. The summed E-state index contributed by atoms with van der Waals surface area (Å²) in [6, 6.07) is 12.9. The van der Waals surface area contributed by atoms with Crippen LogP contribution in [0.3, 0.4) is 0 Å². The van der Waals surface area contributed by atoms with Crippen molar-refractivity contribution in [3.63, 3.8) is 0 Å². The summed E-state index contributed by atoms with van der Waals surface area (Å²) in [6.45, 7) is 2.07. The van der Waals surface area contributed by atoms with E-state index in [0.29, 0.717) is 22.6 Å². The highest BCUT2D eigenvalue weighted by atomic mass is 32.2. The monoisotopic (exact) mass is 302 g/mol. The first-order valence-corrected chi connectivity index (χ1v) is 7.68. The fourth-order valence-corrected chi connectivity index (χ4v) is 2.87. The van der Waals surface area contributed by atoms with Gasteiger partial charge in [0.25, 0.3) is 0 Å². The van der Waals surface area contributed by atoms with Crippen LogP contribution in [0, 0.1) is 0 Å². The van der Waals surface area contributed by atoms with Crippen LogP contribution in [0.5, 0.6) is 11.5 Å². The minimum atomic E-state index is -0.0361. The van der Waals surface area contributed by atoms with Crippen LogP contribution in [0.25, 0.3) is 0 Å². The van der Waals surface area contributed by atoms with Crippen LogP contribution in [0.2, 0.25) is 0 Å². The Balaban J connectivity index is 2.45. The molecule has 0 bridgehead atoms. The van der Waals surface area contributed by atoms with E-state index in [4.69, 9.17) is 9.47 Å². The van der Waals surface area contributed by atoms with Crippen molar-refractivity contribution >= 4 is 17.5 Å². The Hall–Kier alpha value is -1.94. The SMILES string of the molecule is CCSc1ccccc1C(=O)c1ccc(OC)cc1OC. The van der Waals surface area contributed by atoms with Crippen molar-refractivity contribution in [3.05, 3.63) is 53.6 Å². The van der Waals surface area contributed by atoms with Gasteiger partial charge in [-0.3, -0.25) is 4.79 Å².